The molecule has 3 amide bonds. The number of nitrogens with one attached hydrogen (secondary N) is 4. The number of aliphatic hydroxyl groups excluding tert-OH is 1. The van der Waals surface area contributed by atoms with Crippen molar-refractivity contribution in [3.63, 3.8) is 0 Å². The number of fused-ring (bicyclic) bond motifs is 2. The predicted molar refractivity (Wildman–Crippen MR) is 302 cm³/mol. The van der Waals surface area contributed by atoms with Gasteiger partial charge in [0.1, 0.15) is 41.8 Å². The van der Waals surface area contributed by atoms with Crippen molar-refractivity contribution in [2.75, 3.05) is 124 Å². The number of anilines is 1. The van der Waals surface area contributed by atoms with Gasteiger partial charge in [-0.05, 0) is 86.1 Å². The Morgan fingerprint density at radius 1 is 0.775 bits per heavy atom. The Balaban J connectivity index is 0.576. The monoisotopic (exact) mass is 1100 g/mol. The molecule has 2 saturated heterocycles. The van der Waals surface area contributed by atoms with Crippen molar-refractivity contribution in [3.8, 4) is 16.9 Å². The quantitative estimate of drug-likeness (QED) is 0.0418. The largest absolute Gasteiger partial charge is 0.492 e. The number of carbonyl (C=O) groups excluding carboxylic acids is 3. The number of aromatic nitrogens is 5. The third-order valence-electron chi connectivity index (χ3n) is 14.9. The van der Waals surface area contributed by atoms with Crippen LogP contribution in [0.2, 0.25) is 0 Å². The Bertz CT molecular complexity index is 2920. The van der Waals surface area contributed by atoms with Gasteiger partial charge >= 0.3 is 0 Å². The van der Waals surface area contributed by atoms with Gasteiger partial charge in [-0.15, -0.1) is 0 Å². The van der Waals surface area contributed by atoms with Crippen molar-refractivity contribution in [2.45, 2.75) is 77.6 Å². The van der Waals surface area contributed by atoms with Crippen LogP contribution in [0.15, 0.2) is 83.6 Å². The maximum absolute atomic E-state index is 12.9. The summed E-state index contributed by atoms with van der Waals surface area (Å²) in [5.41, 5.74) is 9.08. The topological polar surface area (TPSA) is 236 Å². The van der Waals surface area contributed by atoms with Crippen LogP contribution in [0.4, 0.5) is 5.82 Å². The smallest absolute Gasteiger partial charge is 0.270 e. The summed E-state index contributed by atoms with van der Waals surface area (Å²) in [7, 11) is 0. The molecule has 0 radical (unpaired) electrons. The Hall–Kier alpha value is -6.85. The minimum Gasteiger partial charge on any atom is -0.492 e. The van der Waals surface area contributed by atoms with Crippen LogP contribution in [0.5, 0.6) is 5.75 Å². The number of β-amino-alcohol motifs (C(OH)–C–C–N with tert-alkyl or cyclic N) is 1. The number of rotatable bonds is 29. The molecule has 0 unspecified atom stereocenters. The van der Waals surface area contributed by atoms with Gasteiger partial charge in [0.15, 0.2) is 0 Å². The summed E-state index contributed by atoms with van der Waals surface area (Å²) in [4.78, 5) is 58.4. The highest BCUT2D eigenvalue weighted by atomic mass is 16.5. The number of piperidine rings is 1. The highest BCUT2D eigenvalue weighted by Crippen LogP contribution is 2.30. The first-order valence-electron chi connectivity index (χ1n) is 28.3. The van der Waals surface area contributed by atoms with Gasteiger partial charge < -0.3 is 54.4 Å². The second-order valence-corrected chi connectivity index (χ2v) is 20.8. The molecule has 0 bridgehead atoms. The van der Waals surface area contributed by atoms with E-state index in [1.54, 1.807) is 6.07 Å². The van der Waals surface area contributed by atoms with Crippen LogP contribution in [-0.4, -0.2) is 193 Å². The molecular weight excluding hydrogens is 1020 g/mol. The van der Waals surface area contributed by atoms with Crippen molar-refractivity contribution >= 4 is 34.6 Å². The third kappa shape index (κ3) is 17.1. The zero-order chi connectivity index (χ0) is 55.5. The fourth-order valence-corrected chi connectivity index (χ4v) is 10.6. The maximum atomic E-state index is 12.9. The number of likely N-dealkylation sites (tertiary alicyclic amines) is 1. The summed E-state index contributed by atoms with van der Waals surface area (Å²) >= 11 is 0. The highest BCUT2D eigenvalue weighted by Gasteiger charge is 2.24. The van der Waals surface area contributed by atoms with E-state index >= 15 is 0 Å². The molecule has 428 valence electrons. The lowest BCUT2D eigenvalue weighted by Gasteiger charge is -2.32. The molecular formula is C59H78N12O9. The van der Waals surface area contributed by atoms with Crippen LogP contribution in [0.1, 0.15) is 63.7 Å². The van der Waals surface area contributed by atoms with Gasteiger partial charge in [0.05, 0.1) is 75.6 Å². The highest BCUT2D eigenvalue weighted by molar-refractivity contribution is 5.92. The van der Waals surface area contributed by atoms with E-state index in [4.69, 9.17) is 28.5 Å². The Morgan fingerprint density at radius 2 is 1.55 bits per heavy atom. The number of hydrogen-bond donors (Lipinski definition) is 5. The number of benzene rings is 3. The lowest BCUT2D eigenvalue weighted by molar-refractivity contribution is -0.123. The molecule has 21 heteroatoms. The Labute approximate surface area is 468 Å². The number of hydrogen-bond acceptors (Lipinski definition) is 17. The van der Waals surface area contributed by atoms with Gasteiger partial charge in [-0.3, -0.25) is 29.1 Å². The number of ether oxygens (including phenoxy) is 4. The van der Waals surface area contributed by atoms with Gasteiger partial charge in [0, 0.05) is 103 Å². The van der Waals surface area contributed by atoms with Gasteiger partial charge in [-0.2, -0.15) is 0 Å². The standard InChI is InChI=1S/C59H78N12O9/c1-42-58(43(2)80-67-42)46-10-13-53-51(35-46)66-55(71(53)25-24-68-26-31-78-32-27-68)14-9-44-7-11-50(12-8-44)79-30-20-60-56(73)18-28-76-33-34-77-29-19-61-57(74)40-69-22-16-48(17-23-69)65-54-36-52(63-41-64-54)59(75)62-37-49(72)39-70-21-15-45-5-3-4-6-47(45)38-70/h3-8,10-13,35-36,41,48-49,72H,9,14-34,37-40H2,1-2H3,(H,60,73)(H,61,74)(H,62,75)(H,63,64,65)/t49-/m0/s1. The van der Waals surface area contributed by atoms with Crippen molar-refractivity contribution in [1.29, 1.82) is 0 Å². The number of amides is 3. The lowest BCUT2D eigenvalue weighted by Crippen LogP contribution is -2.44. The fourth-order valence-electron chi connectivity index (χ4n) is 10.6. The van der Waals surface area contributed by atoms with E-state index < -0.39 is 6.10 Å². The average Bonchev–Trinajstić information content (AvgIpc) is 4.02. The van der Waals surface area contributed by atoms with E-state index in [-0.39, 0.29) is 49.0 Å². The lowest BCUT2D eigenvalue weighted by atomic mass is 10.00. The first kappa shape index (κ1) is 57.8. The molecule has 3 aromatic carbocycles. The second-order valence-electron chi connectivity index (χ2n) is 20.8. The number of carbonyl (C=O) groups is 3. The van der Waals surface area contributed by atoms with E-state index in [9.17, 15) is 19.5 Å². The van der Waals surface area contributed by atoms with Crippen LogP contribution in [0.25, 0.3) is 22.2 Å². The van der Waals surface area contributed by atoms with Crippen LogP contribution < -0.4 is 26.0 Å². The minimum atomic E-state index is -0.704. The minimum absolute atomic E-state index is 0.0650. The van der Waals surface area contributed by atoms with Crippen LogP contribution in [-0.2, 0) is 56.2 Å². The van der Waals surface area contributed by atoms with Crippen LogP contribution in [0, 0.1) is 13.8 Å². The molecule has 3 aliphatic heterocycles. The summed E-state index contributed by atoms with van der Waals surface area (Å²) in [6.07, 6.45) is 5.07. The SMILES string of the molecule is Cc1noc(C)c1-c1ccc2c(c1)nc(CCc1ccc(OCCNC(=O)CCOCCOCCNC(=O)CN3CCC(Nc4cc(C(=O)NC[C@H](O)CN5CCc6ccccc6C5)ncn4)CC3)cc1)n2CCN1CCOCC1. The van der Waals surface area contributed by atoms with E-state index in [0.717, 1.165) is 143 Å². The van der Waals surface area contributed by atoms with E-state index in [2.05, 4.69) is 104 Å². The number of nitrogens with zero attached hydrogens (tertiary/aromatic N) is 8. The number of morpholine rings is 1. The number of imidazole rings is 1. The first-order valence-corrected chi connectivity index (χ1v) is 28.3. The van der Waals surface area contributed by atoms with E-state index in [1.807, 2.05) is 32.0 Å². The average molecular weight is 1100 g/mol. The summed E-state index contributed by atoms with van der Waals surface area (Å²) in [5, 5.41) is 26.9. The fraction of sp³-hybridized carbons (Fsp3) is 0.508. The van der Waals surface area contributed by atoms with Crippen molar-refractivity contribution < 1.29 is 43.0 Å². The molecule has 3 aromatic heterocycles. The molecule has 5 N–H and O–H groups in total. The molecule has 1 atom stereocenters. The van der Waals surface area contributed by atoms with Gasteiger partial charge in [0.2, 0.25) is 11.8 Å². The molecule has 6 aromatic rings. The summed E-state index contributed by atoms with van der Waals surface area (Å²) in [5.74, 6) is 2.61. The van der Waals surface area contributed by atoms with Crippen molar-refractivity contribution in [1.82, 2.24) is 55.3 Å². The molecule has 3 aliphatic rings. The van der Waals surface area contributed by atoms with E-state index in [1.165, 1.54) is 23.0 Å². The second kappa shape index (κ2) is 29.6. The molecule has 21 nitrogen and oxygen atoms in total. The Kier molecular flexibility index (Phi) is 21.4. The van der Waals surface area contributed by atoms with Gasteiger partial charge in [-0.25, -0.2) is 15.0 Å². The zero-order valence-corrected chi connectivity index (χ0v) is 46.3. The van der Waals surface area contributed by atoms with Gasteiger partial charge in [0.25, 0.3) is 5.91 Å². The maximum Gasteiger partial charge on any atom is 0.270 e. The first-order chi connectivity index (χ1) is 39.1. The summed E-state index contributed by atoms with van der Waals surface area (Å²) < 4.78 is 30.6. The third-order valence-corrected chi connectivity index (χ3v) is 14.9. The summed E-state index contributed by atoms with van der Waals surface area (Å²) in [6, 6.07) is 24.7. The van der Waals surface area contributed by atoms with Gasteiger partial charge in [-0.1, -0.05) is 47.6 Å². The molecule has 80 heavy (non-hydrogen) atoms. The zero-order valence-electron chi connectivity index (χ0n) is 46.3. The molecule has 6 heterocycles. The molecule has 2 fully saturated rings. The van der Waals surface area contributed by atoms with Crippen LogP contribution >= 0.6 is 0 Å². The summed E-state index contributed by atoms with van der Waals surface area (Å²) in [6.45, 7) is 15.6. The number of aryl methyl sites for hydroxylation is 4. The normalized spacial score (nSPS) is 15.8. The Morgan fingerprint density at radius 3 is 2.35 bits per heavy atom. The molecule has 0 spiro atoms. The molecule has 0 saturated carbocycles. The van der Waals surface area contributed by atoms with Crippen LogP contribution in [0.3, 0.4) is 0 Å². The van der Waals surface area contributed by atoms with Crippen molar-refractivity contribution in [2.24, 2.45) is 0 Å². The number of aliphatic hydroxyl groups is 1. The molecule has 9 rings (SSSR count). The molecule has 0 aliphatic carbocycles. The predicted octanol–water partition coefficient (Wildman–Crippen LogP) is 3.98. The van der Waals surface area contributed by atoms with E-state index in [0.29, 0.717) is 58.4 Å². The van der Waals surface area contributed by atoms with Crippen molar-refractivity contribution in [3.05, 3.63) is 119 Å².